The number of hydrogen-bond donors (Lipinski definition) is 0. The molecule has 0 atom stereocenters. The number of benzene rings is 1. The Morgan fingerprint density at radius 1 is 1.05 bits per heavy atom. The van der Waals surface area contributed by atoms with Crippen LogP contribution in [0.4, 0.5) is 0 Å². The molecule has 0 N–H and O–H groups in total. The molecular weight excluding hydrogens is 339 g/mol. The zero-order valence-corrected chi connectivity index (χ0v) is 16.5. The van der Waals surface area contributed by atoms with E-state index in [2.05, 4.69) is 65.0 Å². The predicted octanol–water partition coefficient (Wildman–Crippen LogP) is 5.75. The first-order valence-electron chi connectivity index (χ1n) is 6.77. The van der Waals surface area contributed by atoms with Gasteiger partial charge in [0.1, 0.15) is 0 Å². The van der Waals surface area contributed by atoms with Crippen molar-refractivity contribution in [3.8, 4) is 5.75 Å². The number of aryl methyl sites for hydroxylation is 1. The number of hydrogen-bond acceptors (Lipinski definition) is 1. The Morgan fingerprint density at radius 3 is 2.24 bits per heavy atom. The molecule has 0 fully saturated rings. The van der Waals surface area contributed by atoms with E-state index in [0.717, 1.165) is 12.2 Å². The van der Waals surface area contributed by atoms with Gasteiger partial charge in [-0.2, -0.15) is 0 Å². The van der Waals surface area contributed by atoms with Crippen molar-refractivity contribution in [2.75, 3.05) is 0 Å². The summed E-state index contributed by atoms with van der Waals surface area (Å²) in [6, 6.07) is 6.61. The van der Waals surface area contributed by atoms with Crippen LogP contribution >= 0.6 is 24.8 Å². The maximum absolute atomic E-state index is 6.10. The Kier molecular flexibility index (Phi) is 8.35. The van der Waals surface area contributed by atoms with Crippen LogP contribution in [0.25, 0.3) is 0 Å². The first kappa shape index (κ1) is 20.8. The first-order chi connectivity index (χ1) is 8.86. The van der Waals surface area contributed by atoms with Crippen molar-refractivity contribution in [1.29, 1.82) is 0 Å². The molecule has 0 amide bonds. The molecule has 1 aliphatic rings. The van der Waals surface area contributed by atoms with Crippen LogP contribution in [-0.2, 0) is 25.0 Å². The van der Waals surface area contributed by atoms with Gasteiger partial charge in [0.05, 0.1) is 0 Å². The van der Waals surface area contributed by atoms with Crippen molar-refractivity contribution in [3.63, 3.8) is 0 Å². The van der Waals surface area contributed by atoms with Gasteiger partial charge in [-0.05, 0) is 0 Å². The molecule has 0 saturated carbocycles. The van der Waals surface area contributed by atoms with Gasteiger partial charge < -0.3 is 0 Å². The van der Waals surface area contributed by atoms with Crippen LogP contribution in [0.3, 0.4) is 0 Å². The molecule has 1 aliphatic carbocycles. The van der Waals surface area contributed by atoms with E-state index in [1.807, 2.05) is 0 Å². The minimum Gasteiger partial charge on any atom is -0.147 e. The van der Waals surface area contributed by atoms with Crippen LogP contribution in [0.15, 0.2) is 39.8 Å². The molecule has 0 saturated heterocycles. The van der Waals surface area contributed by atoms with Crippen LogP contribution in [0.1, 0.15) is 45.2 Å². The van der Waals surface area contributed by atoms with Gasteiger partial charge >= 0.3 is 126 Å². The Balaban J connectivity index is 0.00000200. The third-order valence-corrected chi connectivity index (χ3v) is 5.22. The molecule has 1 nitrogen and oxygen atoms in total. The van der Waals surface area contributed by atoms with E-state index in [9.17, 15) is 0 Å². The first-order valence-corrected chi connectivity index (χ1v) is 8.19. The van der Waals surface area contributed by atoms with E-state index >= 15 is 0 Å². The number of allylic oxidation sites excluding steroid dienone is 4. The summed E-state index contributed by atoms with van der Waals surface area (Å²) in [5.41, 5.74) is 4.21. The van der Waals surface area contributed by atoms with Gasteiger partial charge in [-0.25, -0.2) is 0 Å². The summed E-state index contributed by atoms with van der Waals surface area (Å²) in [6.45, 7) is 11.1. The van der Waals surface area contributed by atoms with Crippen LogP contribution in [0.2, 0.25) is 0 Å². The summed E-state index contributed by atoms with van der Waals surface area (Å²) in [5, 5.41) is 0. The van der Waals surface area contributed by atoms with Crippen LogP contribution in [0.5, 0.6) is 5.75 Å². The van der Waals surface area contributed by atoms with E-state index in [-0.39, 0.29) is 30.2 Å². The second-order valence-electron chi connectivity index (χ2n) is 6.26. The fourth-order valence-corrected chi connectivity index (χ4v) is 3.35. The van der Waals surface area contributed by atoms with Gasteiger partial charge in [0.2, 0.25) is 0 Å². The van der Waals surface area contributed by atoms with Crippen molar-refractivity contribution in [2.45, 2.75) is 46.5 Å². The van der Waals surface area contributed by atoms with Crippen LogP contribution in [-0.4, -0.2) is 0 Å². The minimum absolute atomic E-state index is 0. The molecule has 1 aromatic rings. The van der Waals surface area contributed by atoms with E-state index in [1.54, 1.807) is 0 Å². The second kappa shape index (κ2) is 8.43. The van der Waals surface area contributed by atoms with Crippen LogP contribution < -0.4 is 3.32 Å². The molecule has 0 radical (unpaired) electrons. The third kappa shape index (κ3) is 5.83. The molecule has 0 spiro atoms. The molecular formula is C17H24Cl2OTi. The average Bonchev–Trinajstić information content (AvgIpc) is 2.70. The van der Waals surface area contributed by atoms with Gasteiger partial charge in [0, 0.05) is 0 Å². The topological polar surface area (TPSA) is 9.23 Å². The summed E-state index contributed by atoms with van der Waals surface area (Å²) in [4.78, 5) is 0. The van der Waals surface area contributed by atoms with Crippen molar-refractivity contribution < 1.29 is 22.9 Å². The second-order valence-corrected chi connectivity index (χ2v) is 7.84. The maximum Gasteiger partial charge on any atom is -0.147 e. The Labute approximate surface area is 150 Å². The summed E-state index contributed by atoms with van der Waals surface area (Å²) >= 11 is -0.485. The SMILES string of the molecule is CC1=[C]([Ti][O]c2cc(C)cc(C(C)(C)C)c2)CC=C1.Cl.Cl. The van der Waals surface area contributed by atoms with E-state index in [0.29, 0.717) is 0 Å². The quantitative estimate of drug-likeness (QED) is 0.622. The maximum atomic E-state index is 6.10. The normalized spacial score (nSPS) is 13.6. The summed E-state index contributed by atoms with van der Waals surface area (Å²) in [7, 11) is 0. The van der Waals surface area contributed by atoms with E-state index < -0.39 is 19.5 Å². The molecule has 4 heteroatoms. The Bertz CT molecular complexity index is 542. The number of halogens is 2. The minimum atomic E-state index is -0.485. The van der Waals surface area contributed by atoms with Crippen molar-refractivity contribution in [2.24, 2.45) is 0 Å². The molecule has 0 aliphatic heterocycles. The smallest absolute Gasteiger partial charge is 0.147 e. The van der Waals surface area contributed by atoms with Crippen molar-refractivity contribution in [1.82, 2.24) is 0 Å². The number of rotatable bonds is 3. The molecule has 0 heterocycles. The van der Waals surface area contributed by atoms with Gasteiger partial charge in [0.25, 0.3) is 0 Å². The molecule has 2 rings (SSSR count). The molecule has 1 aromatic carbocycles. The summed E-state index contributed by atoms with van der Waals surface area (Å²) < 4.78 is 7.62. The van der Waals surface area contributed by atoms with Gasteiger partial charge in [-0.1, -0.05) is 0 Å². The van der Waals surface area contributed by atoms with Crippen molar-refractivity contribution >= 4 is 24.8 Å². The van der Waals surface area contributed by atoms with E-state index in [1.165, 1.54) is 20.6 Å². The molecule has 116 valence electrons. The fraction of sp³-hybridized carbons (Fsp3) is 0.412. The molecule has 21 heavy (non-hydrogen) atoms. The Hall–Kier alpha value is -0.206. The molecule has 0 unspecified atom stereocenters. The average molecular weight is 363 g/mol. The zero-order valence-electron chi connectivity index (χ0n) is 13.3. The zero-order chi connectivity index (χ0) is 14.0. The largest absolute Gasteiger partial charge is 0.147 e. The summed E-state index contributed by atoms with van der Waals surface area (Å²) in [6.07, 6.45) is 5.52. The Morgan fingerprint density at radius 2 is 1.71 bits per heavy atom. The van der Waals surface area contributed by atoms with Gasteiger partial charge in [-0.3, -0.25) is 0 Å². The van der Waals surface area contributed by atoms with Gasteiger partial charge in [-0.15, -0.1) is 24.8 Å². The predicted molar refractivity (Wildman–Crippen MR) is 91.5 cm³/mol. The van der Waals surface area contributed by atoms with E-state index in [4.69, 9.17) is 3.32 Å². The van der Waals surface area contributed by atoms with Gasteiger partial charge in [0.15, 0.2) is 0 Å². The monoisotopic (exact) mass is 362 g/mol. The molecule has 0 aromatic heterocycles. The molecule has 0 bridgehead atoms. The standard InChI is InChI=1S/C11H16O.C6H7.2ClH.Ti/c1-8-5-9(11(2,3)4)7-10(12)6-8;1-6-4-2-3-5-6;;;/h5-7,12H,1-4H3;2,4H,3H2,1H3;2*1H;/q;;;;+1/p-1. The van der Waals surface area contributed by atoms with Crippen molar-refractivity contribution in [3.05, 3.63) is 50.9 Å². The summed E-state index contributed by atoms with van der Waals surface area (Å²) in [5.74, 6) is 1.04. The third-order valence-electron chi connectivity index (χ3n) is 3.37. The van der Waals surface area contributed by atoms with Crippen LogP contribution in [0, 0.1) is 6.92 Å². The fourth-order valence-electron chi connectivity index (χ4n) is 2.10.